The summed E-state index contributed by atoms with van der Waals surface area (Å²) in [5, 5.41) is 18.6. The molecule has 1 aromatic heterocycles. The molecule has 0 aromatic carbocycles. The van der Waals surface area contributed by atoms with Gasteiger partial charge in [0.1, 0.15) is 5.69 Å². The third-order valence-electron chi connectivity index (χ3n) is 2.48. The summed E-state index contributed by atoms with van der Waals surface area (Å²) in [6.07, 6.45) is -0.196. The van der Waals surface area contributed by atoms with Gasteiger partial charge in [-0.2, -0.15) is 0 Å². The summed E-state index contributed by atoms with van der Waals surface area (Å²) in [5.74, 6) is -0.262. The third kappa shape index (κ3) is 1.81. The van der Waals surface area contributed by atoms with Crippen LogP contribution in [0.3, 0.4) is 0 Å². The van der Waals surface area contributed by atoms with Crippen LogP contribution in [0.15, 0.2) is 12.3 Å². The smallest absolute Gasteiger partial charge is 0.270 e. The molecule has 82 valence electrons. The fourth-order valence-electron chi connectivity index (χ4n) is 1.64. The molecule has 1 saturated heterocycles. The monoisotopic (exact) mass is 211 g/mol. The Morgan fingerprint density at radius 1 is 1.47 bits per heavy atom. The number of amides is 1. The van der Waals surface area contributed by atoms with Crippen LogP contribution in [-0.4, -0.2) is 51.3 Å². The summed E-state index contributed by atoms with van der Waals surface area (Å²) in [4.78, 5) is 15.9. The van der Waals surface area contributed by atoms with Crippen LogP contribution < -0.4 is 5.73 Å². The number of rotatable bonds is 1. The third-order valence-corrected chi connectivity index (χ3v) is 2.48. The van der Waals surface area contributed by atoms with Crippen molar-refractivity contribution in [1.29, 1.82) is 0 Å². The first-order valence-corrected chi connectivity index (χ1v) is 4.67. The first-order chi connectivity index (χ1) is 7.08. The van der Waals surface area contributed by atoms with Gasteiger partial charge in [0.25, 0.3) is 5.91 Å². The number of carbonyl (C=O) groups is 1. The van der Waals surface area contributed by atoms with E-state index >= 15 is 0 Å². The van der Waals surface area contributed by atoms with Crippen molar-refractivity contribution < 1.29 is 15.0 Å². The first kappa shape index (κ1) is 10.0. The predicted octanol–water partition coefficient (Wildman–Crippen LogP) is -1.23. The number of hydrogen-bond donors (Lipinski definition) is 4. The largest absolute Gasteiger partial charge is 0.397 e. The van der Waals surface area contributed by atoms with Crippen LogP contribution in [0.2, 0.25) is 0 Å². The number of carbonyl (C=O) groups excluding carboxylic acids is 1. The summed E-state index contributed by atoms with van der Waals surface area (Å²) in [6.45, 7) is 0.303. The Bertz CT molecular complexity index is 366. The van der Waals surface area contributed by atoms with Crippen molar-refractivity contribution in [3.8, 4) is 0 Å². The highest BCUT2D eigenvalue weighted by molar-refractivity contribution is 5.93. The molecule has 1 aliphatic rings. The van der Waals surface area contributed by atoms with E-state index in [0.29, 0.717) is 11.4 Å². The van der Waals surface area contributed by atoms with Gasteiger partial charge in [0.15, 0.2) is 0 Å². The van der Waals surface area contributed by atoms with E-state index in [2.05, 4.69) is 4.98 Å². The molecule has 0 radical (unpaired) electrons. The lowest BCUT2D eigenvalue weighted by Gasteiger charge is -2.13. The van der Waals surface area contributed by atoms with Gasteiger partial charge in [0.2, 0.25) is 0 Å². The molecule has 6 nitrogen and oxygen atoms in total. The second-order valence-electron chi connectivity index (χ2n) is 3.69. The number of aliphatic hydroxyl groups is 2. The van der Waals surface area contributed by atoms with E-state index in [0.717, 1.165) is 0 Å². The number of hydrogen-bond acceptors (Lipinski definition) is 4. The predicted molar refractivity (Wildman–Crippen MR) is 53.1 cm³/mol. The zero-order chi connectivity index (χ0) is 11.0. The van der Waals surface area contributed by atoms with Crippen molar-refractivity contribution in [1.82, 2.24) is 9.88 Å². The Hall–Kier alpha value is -1.53. The second kappa shape index (κ2) is 3.56. The summed E-state index contributed by atoms with van der Waals surface area (Å²) < 4.78 is 0. The van der Waals surface area contributed by atoms with Gasteiger partial charge in [0.05, 0.1) is 12.2 Å². The molecule has 1 amide bonds. The first-order valence-electron chi connectivity index (χ1n) is 4.67. The SMILES string of the molecule is Nc1c[nH]c(C(=O)N2C[C@@H](O)[C@@H](O)C2)c1. The number of nitrogen functional groups attached to an aromatic ring is 1. The number of nitrogens with zero attached hydrogens (tertiary/aromatic N) is 1. The molecule has 2 heterocycles. The normalized spacial score (nSPS) is 25.9. The molecule has 0 bridgehead atoms. The van der Waals surface area contributed by atoms with E-state index in [1.54, 1.807) is 0 Å². The molecule has 0 spiro atoms. The Labute approximate surface area is 86.3 Å². The van der Waals surface area contributed by atoms with Gasteiger partial charge in [-0.1, -0.05) is 0 Å². The Balaban J connectivity index is 2.10. The lowest BCUT2D eigenvalue weighted by atomic mass is 10.3. The number of aromatic amines is 1. The highest BCUT2D eigenvalue weighted by Gasteiger charge is 2.33. The van der Waals surface area contributed by atoms with Crippen molar-refractivity contribution in [2.24, 2.45) is 0 Å². The zero-order valence-corrected chi connectivity index (χ0v) is 8.05. The van der Waals surface area contributed by atoms with Crippen molar-refractivity contribution in [3.63, 3.8) is 0 Å². The van der Waals surface area contributed by atoms with Crippen LogP contribution >= 0.6 is 0 Å². The molecular weight excluding hydrogens is 198 g/mol. The average Bonchev–Trinajstić information content (AvgIpc) is 2.74. The van der Waals surface area contributed by atoms with Crippen molar-refractivity contribution in [2.45, 2.75) is 12.2 Å². The standard InChI is InChI=1S/C9H13N3O3/c10-5-1-6(11-2-5)9(15)12-3-7(13)8(14)4-12/h1-2,7-8,11,13-14H,3-4,10H2/t7-,8+. The zero-order valence-electron chi connectivity index (χ0n) is 8.05. The summed E-state index contributed by atoms with van der Waals surface area (Å²) >= 11 is 0. The molecular formula is C9H13N3O3. The van der Waals surface area contributed by atoms with Crippen molar-refractivity contribution in [3.05, 3.63) is 18.0 Å². The van der Waals surface area contributed by atoms with Crippen LogP contribution in [0.25, 0.3) is 0 Å². The van der Waals surface area contributed by atoms with Crippen LogP contribution in [-0.2, 0) is 0 Å². The number of aliphatic hydroxyl groups excluding tert-OH is 2. The van der Waals surface area contributed by atoms with Gasteiger partial charge in [-0.25, -0.2) is 0 Å². The molecule has 2 rings (SSSR count). The van der Waals surface area contributed by atoms with Crippen molar-refractivity contribution in [2.75, 3.05) is 18.8 Å². The van der Waals surface area contributed by atoms with Crippen LogP contribution in [0.5, 0.6) is 0 Å². The number of β-amino-alcohol motifs (C(OH)–C–C–N with tert-alkyl or cyclic N) is 2. The van der Waals surface area contributed by atoms with E-state index in [1.807, 2.05) is 0 Å². The number of aromatic nitrogens is 1. The van der Waals surface area contributed by atoms with E-state index in [1.165, 1.54) is 17.2 Å². The van der Waals surface area contributed by atoms with Gasteiger partial charge < -0.3 is 25.8 Å². The minimum atomic E-state index is -0.860. The van der Waals surface area contributed by atoms with Gasteiger partial charge in [-0.05, 0) is 6.07 Å². The number of anilines is 1. The van der Waals surface area contributed by atoms with Crippen LogP contribution in [0, 0.1) is 0 Å². The van der Waals surface area contributed by atoms with Crippen LogP contribution in [0.4, 0.5) is 5.69 Å². The van der Waals surface area contributed by atoms with Crippen LogP contribution in [0.1, 0.15) is 10.5 Å². The minimum Gasteiger partial charge on any atom is -0.397 e. The molecule has 0 aliphatic carbocycles. The van der Waals surface area contributed by atoms with E-state index in [9.17, 15) is 15.0 Å². The Kier molecular flexibility index (Phi) is 2.37. The quantitative estimate of drug-likeness (QED) is 0.467. The summed E-state index contributed by atoms with van der Waals surface area (Å²) in [5.41, 5.74) is 6.32. The second-order valence-corrected chi connectivity index (χ2v) is 3.69. The maximum Gasteiger partial charge on any atom is 0.270 e. The molecule has 15 heavy (non-hydrogen) atoms. The lowest BCUT2D eigenvalue weighted by molar-refractivity contribution is 0.0572. The van der Waals surface area contributed by atoms with Crippen molar-refractivity contribution >= 4 is 11.6 Å². The fraction of sp³-hybridized carbons (Fsp3) is 0.444. The maximum absolute atomic E-state index is 11.8. The number of nitrogens with one attached hydrogen (secondary N) is 1. The highest BCUT2D eigenvalue weighted by atomic mass is 16.3. The molecule has 1 aliphatic heterocycles. The minimum absolute atomic E-state index is 0.152. The molecule has 1 fully saturated rings. The Morgan fingerprint density at radius 2 is 2.07 bits per heavy atom. The molecule has 2 atom stereocenters. The van der Waals surface area contributed by atoms with E-state index < -0.39 is 12.2 Å². The van der Waals surface area contributed by atoms with E-state index in [-0.39, 0.29) is 19.0 Å². The highest BCUT2D eigenvalue weighted by Crippen LogP contribution is 2.14. The molecule has 1 aromatic rings. The molecule has 0 saturated carbocycles. The fourth-order valence-corrected chi connectivity index (χ4v) is 1.64. The van der Waals surface area contributed by atoms with Gasteiger partial charge in [-0.3, -0.25) is 4.79 Å². The number of nitrogens with two attached hydrogens (primary N) is 1. The average molecular weight is 211 g/mol. The van der Waals surface area contributed by atoms with E-state index in [4.69, 9.17) is 5.73 Å². The van der Waals surface area contributed by atoms with Gasteiger partial charge in [0, 0.05) is 25.0 Å². The van der Waals surface area contributed by atoms with Gasteiger partial charge >= 0.3 is 0 Å². The topological polar surface area (TPSA) is 103 Å². The lowest BCUT2D eigenvalue weighted by Crippen LogP contribution is -2.30. The summed E-state index contributed by atoms with van der Waals surface area (Å²) in [7, 11) is 0. The van der Waals surface area contributed by atoms with Gasteiger partial charge in [-0.15, -0.1) is 0 Å². The molecule has 0 unspecified atom stereocenters. The number of H-pyrrole nitrogens is 1. The number of likely N-dealkylation sites (tertiary alicyclic amines) is 1. The Morgan fingerprint density at radius 3 is 2.53 bits per heavy atom. The summed E-state index contributed by atoms with van der Waals surface area (Å²) in [6, 6.07) is 1.53. The maximum atomic E-state index is 11.8. The molecule has 5 N–H and O–H groups in total. The molecule has 6 heteroatoms.